The molecule has 1 amide bonds. The maximum atomic E-state index is 12.3. The van der Waals surface area contributed by atoms with Crippen LogP contribution in [0.5, 0.6) is 0 Å². The second kappa shape index (κ2) is 15.6. The highest BCUT2D eigenvalue weighted by Gasteiger charge is 2.50. The minimum absolute atomic E-state index is 0.129. The number of nitrogens with zero attached hydrogens (tertiary/aromatic N) is 8. The number of pyridine rings is 1. The van der Waals surface area contributed by atoms with Gasteiger partial charge < -0.3 is 14.1 Å². The molecule has 6 aromatic rings. The summed E-state index contributed by atoms with van der Waals surface area (Å²) in [5, 5.41) is 14.3. The summed E-state index contributed by atoms with van der Waals surface area (Å²) in [6.45, 7) is 11.1. The van der Waals surface area contributed by atoms with Crippen LogP contribution in [0.25, 0.3) is 16.7 Å². The topological polar surface area (TPSA) is 125 Å². The van der Waals surface area contributed by atoms with E-state index in [2.05, 4.69) is 102 Å². The predicted molar refractivity (Wildman–Crippen MR) is 204 cm³/mol. The number of methoxy groups -OCH3 is 1. The summed E-state index contributed by atoms with van der Waals surface area (Å²) in [5.74, 6) is 1.05. The normalized spacial score (nSPS) is 12.0. The molecule has 4 aromatic heterocycles. The van der Waals surface area contributed by atoms with Crippen LogP contribution < -0.4 is 20.6 Å². The standard InChI is InChI=1S/C37H44ClN9O3Si/c1-6-7-20-45(21-22-50-51(37(2,3)4,29-14-10-8-11-15-29)30-16-12-9-13-17-30)34-32-31(41-35(42-34)43-36(48)49-5)25-46(44-32)24-27-18-19-28(23-38)47-33(27)39-26-40-47/h8-19,25-26H,6-7,20-24H2,1-5H3,(H,41,43,48). The zero-order valence-electron chi connectivity index (χ0n) is 29.7. The number of rotatable bonds is 14. The molecule has 0 spiro atoms. The molecule has 0 saturated heterocycles. The van der Waals surface area contributed by atoms with Crippen molar-refractivity contribution in [2.75, 3.05) is 37.0 Å². The third-order valence-corrected chi connectivity index (χ3v) is 14.3. The molecule has 0 unspecified atom stereocenters. The summed E-state index contributed by atoms with van der Waals surface area (Å²) < 4.78 is 15.7. The van der Waals surface area contributed by atoms with Crippen molar-refractivity contribution in [2.24, 2.45) is 0 Å². The Labute approximate surface area is 303 Å². The first-order valence-electron chi connectivity index (χ1n) is 17.1. The van der Waals surface area contributed by atoms with Gasteiger partial charge in [-0.25, -0.2) is 19.3 Å². The molecular weight excluding hydrogens is 682 g/mol. The van der Waals surface area contributed by atoms with E-state index in [1.54, 1.807) is 4.52 Å². The Kier molecular flexibility index (Phi) is 11.0. The van der Waals surface area contributed by atoms with Gasteiger partial charge in [0.15, 0.2) is 17.0 Å². The first kappa shape index (κ1) is 36.0. The van der Waals surface area contributed by atoms with Gasteiger partial charge in [-0.15, -0.1) is 11.6 Å². The molecule has 0 aliphatic carbocycles. The lowest BCUT2D eigenvalue weighted by Gasteiger charge is -2.43. The van der Waals surface area contributed by atoms with Crippen LogP contribution in [-0.2, 0) is 21.6 Å². The van der Waals surface area contributed by atoms with Crippen molar-refractivity contribution >= 4 is 64.8 Å². The number of aromatic nitrogens is 7. The van der Waals surface area contributed by atoms with E-state index in [9.17, 15) is 4.79 Å². The van der Waals surface area contributed by atoms with Crippen molar-refractivity contribution in [2.45, 2.75) is 58.0 Å². The first-order chi connectivity index (χ1) is 24.7. The third-order valence-electron chi connectivity index (χ3n) is 9.02. The Bertz CT molecular complexity index is 2040. The fourth-order valence-electron chi connectivity index (χ4n) is 6.60. The van der Waals surface area contributed by atoms with E-state index in [0.717, 1.165) is 24.1 Å². The first-order valence-corrected chi connectivity index (χ1v) is 19.6. The summed E-state index contributed by atoms with van der Waals surface area (Å²) in [7, 11) is -1.47. The van der Waals surface area contributed by atoms with E-state index < -0.39 is 14.4 Å². The molecule has 266 valence electrons. The Hall–Kier alpha value is -4.85. The van der Waals surface area contributed by atoms with Crippen LogP contribution in [0, 0.1) is 0 Å². The molecule has 0 saturated carbocycles. The van der Waals surface area contributed by atoms with Crippen molar-refractivity contribution < 1.29 is 14.0 Å². The summed E-state index contributed by atoms with van der Waals surface area (Å²) >= 11 is 6.15. The van der Waals surface area contributed by atoms with Crippen molar-refractivity contribution in [1.82, 2.24) is 34.3 Å². The highest BCUT2D eigenvalue weighted by Crippen LogP contribution is 2.37. The van der Waals surface area contributed by atoms with E-state index in [1.807, 2.05) is 35.1 Å². The van der Waals surface area contributed by atoms with Crippen molar-refractivity contribution in [1.29, 1.82) is 0 Å². The number of fused-ring (bicyclic) bond motifs is 2. The van der Waals surface area contributed by atoms with Crippen molar-refractivity contribution in [3.8, 4) is 0 Å². The van der Waals surface area contributed by atoms with Crippen molar-refractivity contribution in [3.63, 3.8) is 0 Å². The van der Waals surface area contributed by atoms with E-state index in [4.69, 9.17) is 30.8 Å². The SMILES string of the molecule is CCCCN(CCO[Si](c1ccccc1)(c1ccccc1)C(C)(C)C)c1nc(NC(=O)OC)nc2cn(Cc3ccc(CCl)n4ncnc34)nc12. The fraction of sp³-hybridized carbons (Fsp3) is 0.351. The second-order valence-electron chi connectivity index (χ2n) is 13.4. The summed E-state index contributed by atoms with van der Waals surface area (Å²) in [6, 6.07) is 25.2. The zero-order valence-corrected chi connectivity index (χ0v) is 31.5. The van der Waals surface area contributed by atoms with Gasteiger partial charge in [0.1, 0.15) is 11.8 Å². The van der Waals surface area contributed by atoms with Crippen LogP contribution in [0.4, 0.5) is 16.6 Å². The van der Waals surface area contributed by atoms with E-state index >= 15 is 0 Å². The van der Waals surface area contributed by atoms with Crippen LogP contribution >= 0.6 is 11.6 Å². The lowest BCUT2D eigenvalue weighted by molar-refractivity contribution is 0.186. The fourth-order valence-corrected chi connectivity index (χ4v) is 11.4. The maximum absolute atomic E-state index is 12.3. The average molecular weight is 726 g/mol. The molecule has 2 aromatic carbocycles. The Balaban J connectivity index is 1.38. The minimum atomic E-state index is -2.78. The Morgan fingerprint density at radius 1 is 0.980 bits per heavy atom. The van der Waals surface area contributed by atoms with Crippen LogP contribution in [0.3, 0.4) is 0 Å². The van der Waals surface area contributed by atoms with Gasteiger partial charge in [-0.2, -0.15) is 15.2 Å². The number of benzene rings is 2. The molecule has 14 heteroatoms. The minimum Gasteiger partial charge on any atom is -0.453 e. The molecule has 4 heterocycles. The smallest absolute Gasteiger partial charge is 0.413 e. The molecular formula is C37H44ClN9O3Si. The van der Waals surface area contributed by atoms with Gasteiger partial charge in [0, 0.05) is 18.7 Å². The van der Waals surface area contributed by atoms with E-state index in [-0.39, 0.29) is 11.0 Å². The van der Waals surface area contributed by atoms with Crippen LogP contribution in [0.15, 0.2) is 85.3 Å². The lowest BCUT2D eigenvalue weighted by Crippen LogP contribution is -2.67. The number of carbonyl (C=O) groups excluding carboxylic acids is 1. The highest BCUT2D eigenvalue weighted by atomic mass is 35.5. The average Bonchev–Trinajstić information content (AvgIpc) is 3.79. The van der Waals surface area contributed by atoms with Gasteiger partial charge in [0.05, 0.1) is 38.0 Å². The molecule has 0 fully saturated rings. The molecule has 1 N–H and O–H groups in total. The largest absolute Gasteiger partial charge is 0.453 e. The summed E-state index contributed by atoms with van der Waals surface area (Å²) in [6.07, 6.45) is 4.61. The molecule has 0 atom stereocenters. The molecule has 0 radical (unpaired) electrons. The van der Waals surface area contributed by atoms with Crippen LogP contribution in [0.2, 0.25) is 5.04 Å². The van der Waals surface area contributed by atoms with E-state index in [1.165, 1.54) is 23.8 Å². The molecule has 12 nitrogen and oxygen atoms in total. The predicted octanol–water partition coefficient (Wildman–Crippen LogP) is 6.02. The molecule has 6 rings (SSSR count). The number of halogens is 1. The van der Waals surface area contributed by atoms with Crippen molar-refractivity contribution in [3.05, 3.63) is 96.6 Å². The number of nitrogens with one attached hydrogen (secondary N) is 1. The number of unbranched alkanes of at least 4 members (excludes halogenated alkanes) is 1. The number of ether oxygens (including phenoxy) is 1. The van der Waals surface area contributed by atoms with Gasteiger partial charge in [-0.1, -0.05) is 101 Å². The molecule has 51 heavy (non-hydrogen) atoms. The third kappa shape index (κ3) is 7.46. The monoisotopic (exact) mass is 725 g/mol. The van der Waals surface area contributed by atoms with Gasteiger partial charge in [0.25, 0.3) is 8.32 Å². The number of hydrogen-bond acceptors (Lipinski definition) is 9. The second-order valence-corrected chi connectivity index (χ2v) is 18.0. The number of alkyl halides is 1. The molecule has 0 aliphatic heterocycles. The summed E-state index contributed by atoms with van der Waals surface area (Å²) in [4.78, 5) is 28.5. The molecule has 0 bridgehead atoms. The number of hydrogen-bond donors (Lipinski definition) is 1. The quantitative estimate of drug-likeness (QED) is 0.106. The summed E-state index contributed by atoms with van der Waals surface area (Å²) in [5.41, 5.74) is 3.66. The van der Waals surface area contributed by atoms with Crippen LogP contribution in [0.1, 0.15) is 51.8 Å². The van der Waals surface area contributed by atoms with Gasteiger partial charge >= 0.3 is 6.09 Å². The Morgan fingerprint density at radius 2 is 1.69 bits per heavy atom. The van der Waals surface area contributed by atoms with E-state index in [0.29, 0.717) is 54.6 Å². The highest BCUT2D eigenvalue weighted by molar-refractivity contribution is 6.99. The molecule has 0 aliphatic rings. The lowest BCUT2D eigenvalue weighted by atomic mass is 10.2. The van der Waals surface area contributed by atoms with Gasteiger partial charge in [-0.3, -0.25) is 10.00 Å². The Morgan fingerprint density at radius 3 is 2.31 bits per heavy atom. The van der Waals surface area contributed by atoms with Gasteiger partial charge in [0.2, 0.25) is 5.95 Å². The number of amides is 1. The zero-order chi connectivity index (χ0) is 36.0. The maximum Gasteiger partial charge on any atom is 0.413 e. The van der Waals surface area contributed by atoms with Crippen LogP contribution in [-0.4, -0.2) is 75.6 Å². The number of anilines is 2. The number of carbonyl (C=O) groups is 1. The van der Waals surface area contributed by atoms with Gasteiger partial charge in [-0.05, 0) is 27.9 Å².